The van der Waals surface area contributed by atoms with Crippen molar-refractivity contribution in [2.45, 2.75) is 33.8 Å². The molecule has 10 heteroatoms. The summed E-state index contributed by atoms with van der Waals surface area (Å²) < 4.78 is 32.0. The Morgan fingerprint density at radius 1 is 1.24 bits per heavy atom. The summed E-state index contributed by atoms with van der Waals surface area (Å²) >= 11 is 0. The molecule has 0 saturated carbocycles. The summed E-state index contributed by atoms with van der Waals surface area (Å²) in [6.45, 7) is 7.64. The van der Waals surface area contributed by atoms with Crippen molar-refractivity contribution in [1.29, 1.82) is 0 Å². The van der Waals surface area contributed by atoms with Gasteiger partial charge >= 0.3 is 0 Å². The molecule has 0 radical (unpaired) electrons. The van der Waals surface area contributed by atoms with E-state index in [1.165, 1.54) is 0 Å². The van der Waals surface area contributed by atoms with Gasteiger partial charge in [0.1, 0.15) is 12.1 Å². The van der Waals surface area contributed by atoms with Crippen LogP contribution in [0.15, 0.2) is 0 Å². The van der Waals surface area contributed by atoms with Crippen LogP contribution in [0.25, 0.3) is 11.0 Å². The van der Waals surface area contributed by atoms with Gasteiger partial charge in [-0.2, -0.15) is 0 Å². The molecular formula is C15H26N6O3S. The van der Waals surface area contributed by atoms with Crippen LogP contribution in [0.5, 0.6) is 0 Å². The van der Waals surface area contributed by atoms with Crippen LogP contribution in [0, 0.1) is 13.8 Å². The van der Waals surface area contributed by atoms with E-state index in [1.54, 1.807) is 0 Å². The van der Waals surface area contributed by atoms with E-state index >= 15 is 0 Å². The molecule has 0 bridgehead atoms. The molecular weight excluding hydrogens is 344 g/mol. The van der Waals surface area contributed by atoms with Gasteiger partial charge in [-0.25, -0.2) is 27.8 Å². The average Bonchev–Trinajstić information content (AvgIpc) is 2.88. The smallest absolute Gasteiger partial charge is 0.208 e. The molecule has 0 atom stereocenters. The van der Waals surface area contributed by atoms with E-state index in [-0.39, 0.29) is 0 Å². The molecule has 0 aliphatic heterocycles. The topological polar surface area (TPSA) is 124 Å². The van der Waals surface area contributed by atoms with Crippen molar-refractivity contribution < 1.29 is 13.2 Å². The monoisotopic (exact) mass is 370 g/mol. The fraction of sp³-hybridized carbons (Fsp3) is 0.600. The number of nitrogen functional groups attached to an aromatic ring is 1. The molecule has 9 nitrogen and oxygen atoms in total. The van der Waals surface area contributed by atoms with Gasteiger partial charge in [0.15, 0.2) is 11.6 Å². The maximum atomic E-state index is 11.1. The van der Waals surface area contributed by atoms with E-state index < -0.39 is 10.0 Å². The first-order valence-corrected chi connectivity index (χ1v) is 10.0. The molecule has 0 amide bonds. The van der Waals surface area contributed by atoms with Crippen LogP contribution in [0.2, 0.25) is 0 Å². The number of pyridine rings is 1. The Balaban J connectivity index is 2.25. The van der Waals surface area contributed by atoms with E-state index in [0.717, 1.165) is 23.0 Å². The van der Waals surface area contributed by atoms with Gasteiger partial charge in [0, 0.05) is 25.4 Å². The molecule has 0 spiro atoms. The number of aryl methyl sites for hydroxylation is 2. The van der Waals surface area contributed by atoms with Crippen molar-refractivity contribution in [1.82, 2.24) is 19.4 Å². The van der Waals surface area contributed by atoms with Crippen molar-refractivity contribution in [2.24, 2.45) is 0 Å². The number of nitrogens with one attached hydrogen (secondary N) is 2. The van der Waals surface area contributed by atoms with E-state index in [4.69, 9.17) is 10.5 Å². The summed E-state index contributed by atoms with van der Waals surface area (Å²) in [6, 6.07) is 0. The number of rotatable bonds is 9. The Hall–Kier alpha value is -1.91. The van der Waals surface area contributed by atoms with Gasteiger partial charge in [0.2, 0.25) is 10.0 Å². The summed E-state index contributed by atoms with van der Waals surface area (Å²) in [5.74, 6) is 1.09. The van der Waals surface area contributed by atoms with Gasteiger partial charge in [-0.1, -0.05) is 0 Å². The minimum absolute atomic E-state index is 0.345. The number of hydrogen-bond donors (Lipinski definition) is 3. The molecule has 0 saturated heterocycles. The van der Waals surface area contributed by atoms with Gasteiger partial charge in [-0.3, -0.25) is 0 Å². The van der Waals surface area contributed by atoms with Gasteiger partial charge in [0.25, 0.3) is 0 Å². The van der Waals surface area contributed by atoms with Crippen LogP contribution in [-0.2, 0) is 21.4 Å². The second kappa shape index (κ2) is 7.98. The fourth-order valence-electron chi connectivity index (χ4n) is 2.48. The van der Waals surface area contributed by atoms with Gasteiger partial charge in [-0.15, -0.1) is 0 Å². The minimum Gasteiger partial charge on any atom is -0.382 e. The maximum absolute atomic E-state index is 11.1. The zero-order valence-corrected chi connectivity index (χ0v) is 15.9. The number of aromatic nitrogens is 3. The maximum Gasteiger partial charge on any atom is 0.208 e. The fourth-order valence-corrected chi connectivity index (χ4v) is 2.99. The van der Waals surface area contributed by atoms with Gasteiger partial charge in [0.05, 0.1) is 11.8 Å². The third-order valence-corrected chi connectivity index (χ3v) is 4.53. The van der Waals surface area contributed by atoms with E-state index in [1.807, 2.05) is 25.4 Å². The SMILES string of the molecule is CCOCc1nc2c(N)nc(C)c(C)c2n1NCCCNS(C)(=O)=O. The molecule has 140 valence electrons. The highest BCUT2D eigenvalue weighted by molar-refractivity contribution is 7.88. The summed E-state index contributed by atoms with van der Waals surface area (Å²) in [5.41, 5.74) is 12.7. The quantitative estimate of drug-likeness (QED) is 0.554. The summed E-state index contributed by atoms with van der Waals surface area (Å²) in [7, 11) is -3.17. The highest BCUT2D eigenvalue weighted by Crippen LogP contribution is 2.25. The molecule has 0 aliphatic carbocycles. The lowest BCUT2D eigenvalue weighted by molar-refractivity contribution is 0.127. The molecule has 2 aromatic rings. The number of imidazole rings is 1. The standard InChI is InChI=1S/C15H26N6O3S/c1-5-24-9-12-20-13-14(10(2)11(3)19-15(13)16)21(12)17-7-6-8-18-25(4,22)23/h17-18H,5-9H2,1-4H3,(H2,16,19). The molecule has 4 N–H and O–H groups in total. The van der Waals surface area contributed by atoms with Crippen molar-refractivity contribution in [2.75, 3.05) is 37.1 Å². The molecule has 2 aromatic heterocycles. The molecule has 0 aromatic carbocycles. The van der Waals surface area contributed by atoms with Crippen LogP contribution < -0.4 is 15.9 Å². The number of fused-ring (bicyclic) bond motifs is 1. The van der Waals surface area contributed by atoms with E-state index in [0.29, 0.717) is 49.9 Å². The van der Waals surface area contributed by atoms with Crippen LogP contribution in [0.1, 0.15) is 30.4 Å². The molecule has 2 heterocycles. The van der Waals surface area contributed by atoms with E-state index in [2.05, 4.69) is 20.1 Å². The first kappa shape index (κ1) is 19.4. The first-order chi connectivity index (χ1) is 11.7. The van der Waals surface area contributed by atoms with Crippen molar-refractivity contribution in [3.63, 3.8) is 0 Å². The number of hydrogen-bond acceptors (Lipinski definition) is 7. The Labute approximate surface area is 148 Å². The van der Waals surface area contributed by atoms with Crippen LogP contribution >= 0.6 is 0 Å². The lowest BCUT2D eigenvalue weighted by Crippen LogP contribution is -2.27. The summed E-state index contributed by atoms with van der Waals surface area (Å²) in [4.78, 5) is 8.90. The number of sulfonamides is 1. The number of ether oxygens (including phenoxy) is 1. The number of nitrogens with zero attached hydrogens (tertiary/aromatic N) is 3. The second-order valence-corrected chi connectivity index (χ2v) is 7.67. The average molecular weight is 370 g/mol. The number of anilines is 1. The number of nitrogens with two attached hydrogens (primary N) is 1. The molecule has 0 fully saturated rings. The van der Waals surface area contributed by atoms with Crippen molar-refractivity contribution in [3.05, 3.63) is 17.1 Å². The first-order valence-electron chi connectivity index (χ1n) is 8.14. The Morgan fingerprint density at radius 2 is 1.96 bits per heavy atom. The molecule has 2 rings (SSSR count). The predicted molar refractivity (Wildman–Crippen MR) is 98.4 cm³/mol. The molecule has 25 heavy (non-hydrogen) atoms. The highest BCUT2D eigenvalue weighted by atomic mass is 32.2. The summed E-state index contributed by atoms with van der Waals surface area (Å²) in [6.07, 6.45) is 1.77. The lowest BCUT2D eigenvalue weighted by Gasteiger charge is -2.14. The third-order valence-electron chi connectivity index (χ3n) is 3.80. The molecule has 0 unspecified atom stereocenters. The highest BCUT2D eigenvalue weighted by Gasteiger charge is 2.17. The Kier molecular flexibility index (Phi) is 6.20. The van der Waals surface area contributed by atoms with Crippen molar-refractivity contribution in [3.8, 4) is 0 Å². The normalized spacial score (nSPS) is 12.0. The second-order valence-electron chi connectivity index (χ2n) is 5.83. The predicted octanol–water partition coefficient (Wildman–Crippen LogP) is 0.650. The zero-order valence-electron chi connectivity index (χ0n) is 15.1. The van der Waals surface area contributed by atoms with Crippen molar-refractivity contribution >= 4 is 26.9 Å². The van der Waals surface area contributed by atoms with Crippen LogP contribution in [0.4, 0.5) is 5.82 Å². The summed E-state index contributed by atoms with van der Waals surface area (Å²) in [5, 5.41) is 0. The van der Waals surface area contributed by atoms with Gasteiger partial charge < -0.3 is 15.9 Å². The van der Waals surface area contributed by atoms with E-state index in [9.17, 15) is 8.42 Å². The Morgan fingerprint density at radius 3 is 2.60 bits per heavy atom. The third kappa shape index (κ3) is 4.80. The minimum atomic E-state index is -3.17. The lowest BCUT2D eigenvalue weighted by atomic mass is 10.2. The Bertz CT molecular complexity index is 847. The molecule has 0 aliphatic rings. The van der Waals surface area contributed by atoms with Gasteiger partial charge in [-0.05, 0) is 32.8 Å². The zero-order chi connectivity index (χ0) is 18.6. The van der Waals surface area contributed by atoms with Crippen LogP contribution in [0.3, 0.4) is 0 Å². The largest absolute Gasteiger partial charge is 0.382 e. The van der Waals surface area contributed by atoms with Crippen LogP contribution in [-0.4, -0.2) is 49.0 Å².